The Balaban J connectivity index is 0.00000121. The highest BCUT2D eigenvalue weighted by Crippen LogP contribution is 2.39. The summed E-state index contributed by atoms with van der Waals surface area (Å²) in [6, 6.07) is 5.91. The summed E-state index contributed by atoms with van der Waals surface area (Å²) in [4.78, 5) is 10.9. The molecule has 6 nitrogen and oxygen atoms in total. The second-order valence-electron chi connectivity index (χ2n) is 6.21. The number of aliphatic hydroxyl groups is 1. The zero-order valence-corrected chi connectivity index (χ0v) is 14.4. The van der Waals surface area contributed by atoms with Gasteiger partial charge in [-0.2, -0.15) is 5.10 Å². The standard InChI is InChI=1S/C17H19N5OS.2H2/c1-9-8-18-17(14-6-5-13(24-14)10(2)23)20-16(9)19-15-7-12(21-22-15)11-3-4-11;;/h5-8,10-11,23H,3-4H2,1-2H3,(H2,18,19,20,21,22);2*1H/t10-;;/m1../s1. The fourth-order valence-electron chi connectivity index (χ4n) is 2.51. The van der Waals surface area contributed by atoms with Gasteiger partial charge >= 0.3 is 0 Å². The predicted molar refractivity (Wildman–Crippen MR) is 98.8 cm³/mol. The molecule has 1 aliphatic rings. The third-order valence-corrected chi connectivity index (χ3v) is 5.34. The van der Waals surface area contributed by atoms with Gasteiger partial charge in [-0.25, -0.2) is 9.97 Å². The number of rotatable bonds is 5. The number of aliphatic hydroxyl groups excluding tert-OH is 1. The van der Waals surface area contributed by atoms with Crippen molar-refractivity contribution in [2.75, 3.05) is 5.32 Å². The number of hydrogen-bond donors (Lipinski definition) is 3. The van der Waals surface area contributed by atoms with Crippen LogP contribution in [0.25, 0.3) is 10.7 Å². The van der Waals surface area contributed by atoms with E-state index in [1.807, 2.05) is 19.1 Å². The summed E-state index contributed by atoms with van der Waals surface area (Å²) in [7, 11) is 0. The Morgan fingerprint density at radius 1 is 1.42 bits per heavy atom. The molecule has 3 N–H and O–H groups in total. The highest BCUT2D eigenvalue weighted by molar-refractivity contribution is 7.15. The number of nitrogens with zero attached hydrogens (tertiary/aromatic N) is 3. The first-order chi connectivity index (χ1) is 11.6. The Bertz CT molecular complexity index is 876. The van der Waals surface area contributed by atoms with Crippen LogP contribution in [0.4, 0.5) is 11.6 Å². The minimum absolute atomic E-state index is 0. The van der Waals surface area contributed by atoms with Crippen LogP contribution in [-0.4, -0.2) is 25.3 Å². The average Bonchev–Trinajstić information content (AvgIpc) is 3.10. The van der Waals surface area contributed by atoms with Crippen LogP contribution in [0.15, 0.2) is 24.4 Å². The van der Waals surface area contributed by atoms with Crippen molar-refractivity contribution in [3.8, 4) is 10.7 Å². The maximum absolute atomic E-state index is 9.68. The molecular formula is C17H23N5OS. The van der Waals surface area contributed by atoms with E-state index in [9.17, 15) is 5.11 Å². The van der Waals surface area contributed by atoms with Crippen LogP contribution in [0.3, 0.4) is 0 Å². The highest BCUT2D eigenvalue weighted by atomic mass is 32.1. The SMILES string of the molecule is Cc1cnc(-c2ccc([C@@H](C)O)s2)nc1Nc1cc(C2CC2)[nH]n1.[HH].[HH]. The van der Waals surface area contributed by atoms with E-state index in [4.69, 9.17) is 0 Å². The van der Waals surface area contributed by atoms with Gasteiger partial charge < -0.3 is 10.4 Å². The van der Waals surface area contributed by atoms with Crippen LogP contribution in [0, 0.1) is 6.92 Å². The lowest BCUT2D eigenvalue weighted by Gasteiger charge is -2.07. The van der Waals surface area contributed by atoms with Crippen molar-refractivity contribution in [2.24, 2.45) is 0 Å². The number of nitrogens with one attached hydrogen (secondary N) is 2. The maximum atomic E-state index is 9.68. The van der Waals surface area contributed by atoms with E-state index in [2.05, 4.69) is 31.5 Å². The first-order valence-corrected chi connectivity index (χ1v) is 8.86. The van der Waals surface area contributed by atoms with Crippen molar-refractivity contribution in [1.29, 1.82) is 0 Å². The van der Waals surface area contributed by atoms with Gasteiger partial charge in [0.15, 0.2) is 11.6 Å². The molecule has 3 aromatic heterocycles. The molecule has 3 aromatic rings. The third-order valence-electron chi connectivity index (χ3n) is 4.09. The van der Waals surface area contributed by atoms with Crippen molar-refractivity contribution in [3.63, 3.8) is 0 Å². The molecule has 3 heterocycles. The number of aryl methyl sites for hydroxylation is 1. The van der Waals surface area contributed by atoms with E-state index in [0.29, 0.717) is 11.7 Å². The van der Waals surface area contributed by atoms with Crippen molar-refractivity contribution in [2.45, 2.75) is 38.7 Å². The molecule has 0 spiro atoms. The number of aromatic nitrogens is 4. The number of H-pyrrole nitrogens is 1. The zero-order chi connectivity index (χ0) is 16.7. The second-order valence-corrected chi connectivity index (χ2v) is 7.33. The van der Waals surface area contributed by atoms with Crippen LogP contribution in [-0.2, 0) is 0 Å². The number of hydrogen-bond acceptors (Lipinski definition) is 6. The number of thiophene rings is 1. The Labute approximate surface area is 147 Å². The van der Waals surface area contributed by atoms with Crippen molar-refractivity contribution < 1.29 is 7.96 Å². The van der Waals surface area contributed by atoms with Gasteiger partial charge in [-0.05, 0) is 38.8 Å². The Morgan fingerprint density at radius 3 is 2.96 bits per heavy atom. The summed E-state index contributed by atoms with van der Waals surface area (Å²) in [6.07, 6.45) is 3.81. The van der Waals surface area contributed by atoms with E-state index in [1.165, 1.54) is 29.9 Å². The van der Waals surface area contributed by atoms with E-state index in [1.54, 1.807) is 13.1 Å². The zero-order valence-electron chi connectivity index (χ0n) is 13.6. The normalized spacial score (nSPS) is 15.5. The summed E-state index contributed by atoms with van der Waals surface area (Å²) < 4.78 is 0. The Kier molecular flexibility index (Phi) is 3.82. The van der Waals surface area contributed by atoms with Crippen LogP contribution < -0.4 is 5.32 Å². The lowest BCUT2D eigenvalue weighted by molar-refractivity contribution is 0.203. The molecule has 0 aromatic carbocycles. The quantitative estimate of drug-likeness (QED) is 0.638. The first-order valence-electron chi connectivity index (χ1n) is 8.04. The second kappa shape index (κ2) is 5.99. The van der Waals surface area contributed by atoms with E-state index in [-0.39, 0.29) is 2.85 Å². The van der Waals surface area contributed by atoms with Gasteiger partial charge in [-0.1, -0.05) is 0 Å². The van der Waals surface area contributed by atoms with Crippen molar-refractivity contribution in [3.05, 3.63) is 40.5 Å². The van der Waals surface area contributed by atoms with Crippen LogP contribution in [0.5, 0.6) is 0 Å². The number of aromatic amines is 1. The van der Waals surface area contributed by atoms with Gasteiger partial charge in [0, 0.05) is 37.2 Å². The highest BCUT2D eigenvalue weighted by Gasteiger charge is 2.25. The topological polar surface area (TPSA) is 86.7 Å². The largest absolute Gasteiger partial charge is 0.388 e. The molecule has 7 heteroatoms. The smallest absolute Gasteiger partial charge is 0.171 e. The molecule has 0 aliphatic heterocycles. The molecule has 1 saturated carbocycles. The van der Waals surface area contributed by atoms with Crippen LogP contribution in [0.2, 0.25) is 0 Å². The monoisotopic (exact) mass is 345 g/mol. The van der Waals surface area contributed by atoms with E-state index < -0.39 is 6.10 Å². The molecule has 0 radical (unpaired) electrons. The molecule has 0 bridgehead atoms. The molecule has 24 heavy (non-hydrogen) atoms. The van der Waals surface area contributed by atoms with Crippen LogP contribution >= 0.6 is 11.3 Å². The van der Waals surface area contributed by atoms with Gasteiger partial charge in [-0.3, -0.25) is 5.10 Å². The van der Waals surface area contributed by atoms with Gasteiger partial charge in [0.2, 0.25) is 0 Å². The van der Waals surface area contributed by atoms with Crippen LogP contribution in [0.1, 0.15) is 50.8 Å². The molecule has 1 aliphatic carbocycles. The molecule has 1 fully saturated rings. The predicted octanol–water partition coefficient (Wildman–Crippen LogP) is 4.40. The number of anilines is 2. The van der Waals surface area contributed by atoms with E-state index in [0.717, 1.165) is 27.0 Å². The average molecular weight is 345 g/mol. The fraction of sp³-hybridized carbons (Fsp3) is 0.353. The minimum atomic E-state index is -0.475. The summed E-state index contributed by atoms with van der Waals surface area (Å²) in [5.74, 6) is 2.82. The van der Waals surface area contributed by atoms with Gasteiger partial charge in [0.05, 0.1) is 11.0 Å². The van der Waals surface area contributed by atoms with Gasteiger partial charge in [-0.15, -0.1) is 11.3 Å². The molecular weight excluding hydrogens is 322 g/mol. The minimum Gasteiger partial charge on any atom is -0.388 e. The summed E-state index contributed by atoms with van der Waals surface area (Å²) in [5, 5.41) is 20.4. The molecule has 1 atom stereocenters. The summed E-state index contributed by atoms with van der Waals surface area (Å²) >= 11 is 1.51. The molecule has 0 amide bonds. The summed E-state index contributed by atoms with van der Waals surface area (Å²) in [6.45, 7) is 3.73. The summed E-state index contributed by atoms with van der Waals surface area (Å²) in [5.41, 5.74) is 2.14. The van der Waals surface area contributed by atoms with Gasteiger partial charge in [0.25, 0.3) is 0 Å². The molecule has 4 rings (SSSR count). The lowest BCUT2D eigenvalue weighted by atomic mass is 10.3. The molecule has 0 unspecified atom stereocenters. The fourth-order valence-corrected chi connectivity index (χ4v) is 3.40. The Morgan fingerprint density at radius 2 is 2.25 bits per heavy atom. The first kappa shape index (κ1) is 15.3. The lowest BCUT2D eigenvalue weighted by Crippen LogP contribution is -1.99. The molecule has 0 saturated heterocycles. The molecule has 128 valence electrons. The van der Waals surface area contributed by atoms with Gasteiger partial charge in [0.1, 0.15) is 5.82 Å². The van der Waals surface area contributed by atoms with E-state index >= 15 is 0 Å². The maximum Gasteiger partial charge on any atom is 0.171 e. The van der Waals surface area contributed by atoms with Crippen molar-refractivity contribution >= 4 is 23.0 Å². The Hall–Kier alpha value is -2.25. The van der Waals surface area contributed by atoms with Crippen molar-refractivity contribution in [1.82, 2.24) is 20.2 Å². The third kappa shape index (κ3) is 3.05.